The monoisotopic (exact) mass is 460 g/mol. The van der Waals surface area contributed by atoms with Gasteiger partial charge in [-0.15, -0.1) is 0 Å². The lowest BCUT2D eigenvalue weighted by Crippen LogP contribution is -2.45. The normalized spacial score (nSPS) is 16.4. The number of carbonyl (C=O) groups is 1. The summed E-state index contributed by atoms with van der Waals surface area (Å²) in [5.74, 6) is 1.13. The summed E-state index contributed by atoms with van der Waals surface area (Å²) in [6.07, 6.45) is 0.984. The van der Waals surface area contributed by atoms with E-state index >= 15 is 0 Å². The zero-order valence-corrected chi connectivity index (χ0v) is 19.9. The van der Waals surface area contributed by atoms with Crippen molar-refractivity contribution in [3.63, 3.8) is 0 Å². The molecule has 3 rings (SSSR count). The van der Waals surface area contributed by atoms with Crippen molar-refractivity contribution in [2.75, 3.05) is 26.8 Å². The quantitative estimate of drug-likeness (QED) is 0.653. The van der Waals surface area contributed by atoms with Gasteiger partial charge in [0.1, 0.15) is 18.1 Å². The number of sulfonamides is 1. The van der Waals surface area contributed by atoms with Crippen LogP contribution >= 0.6 is 0 Å². The van der Waals surface area contributed by atoms with Gasteiger partial charge in [0, 0.05) is 19.0 Å². The number of hydrogen-bond acceptors (Lipinski definition) is 5. The summed E-state index contributed by atoms with van der Waals surface area (Å²) in [6.45, 7) is 7.01. The summed E-state index contributed by atoms with van der Waals surface area (Å²) < 4.78 is 38.1. The second kappa shape index (κ2) is 10.4. The van der Waals surface area contributed by atoms with Crippen LogP contribution in [0.15, 0.2) is 47.4 Å². The third-order valence-electron chi connectivity index (χ3n) is 5.89. The molecule has 1 fully saturated rings. The van der Waals surface area contributed by atoms with Gasteiger partial charge in [-0.05, 0) is 81.1 Å². The Bertz CT molecular complexity index is 1030. The molecule has 0 unspecified atom stereocenters. The van der Waals surface area contributed by atoms with Crippen molar-refractivity contribution in [3.05, 3.63) is 53.6 Å². The zero-order valence-electron chi connectivity index (χ0n) is 19.1. The molecule has 0 bridgehead atoms. The average Bonchev–Trinajstić information content (AvgIpc) is 2.80. The first-order valence-electron chi connectivity index (χ1n) is 10.9. The Morgan fingerprint density at radius 1 is 1.06 bits per heavy atom. The lowest BCUT2D eigenvalue weighted by molar-refractivity contribution is -0.126. The summed E-state index contributed by atoms with van der Waals surface area (Å²) in [7, 11) is -2.04. The van der Waals surface area contributed by atoms with E-state index in [0.717, 1.165) is 11.3 Å². The minimum atomic E-state index is -3.58. The topological polar surface area (TPSA) is 84.9 Å². The van der Waals surface area contributed by atoms with Gasteiger partial charge >= 0.3 is 0 Å². The van der Waals surface area contributed by atoms with Crippen LogP contribution in [0.3, 0.4) is 0 Å². The van der Waals surface area contributed by atoms with Gasteiger partial charge in [0.25, 0.3) is 0 Å². The molecule has 0 aromatic heterocycles. The van der Waals surface area contributed by atoms with Crippen molar-refractivity contribution in [2.45, 2.75) is 44.6 Å². The first-order chi connectivity index (χ1) is 15.2. The first-order valence-corrected chi connectivity index (χ1v) is 12.3. The molecule has 1 N–H and O–H groups in total. The Labute approximate surface area is 190 Å². The Hall–Kier alpha value is -2.58. The number of ether oxygens (including phenoxy) is 2. The Morgan fingerprint density at radius 2 is 1.69 bits per heavy atom. The van der Waals surface area contributed by atoms with Gasteiger partial charge in [-0.2, -0.15) is 4.31 Å². The summed E-state index contributed by atoms with van der Waals surface area (Å²) in [5, 5.41) is 3.00. The molecule has 32 heavy (non-hydrogen) atoms. The minimum Gasteiger partial charge on any atom is -0.497 e. The highest BCUT2D eigenvalue weighted by Gasteiger charge is 2.32. The number of rotatable bonds is 8. The van der Waals surface area contributed by atoms with E-state index in [0.29, 0.717) is 38.3 Å². The van der Waals surface area contributed by atoms with Gasteiger partial charge in [0.2, 0.25) is 15.9 Å². The van der Waals surface area contributed by atoms with E-state index in [1.165, 1.54) is 17.0 Å². The van der Waals surface area contributed by atoms with Gasteiger partial charge in [0.05, 0.1) is 18.0 Å². The van der Waals surface area contributed by atoms with Crippen molar-refractivity contribution >= 4 is 15.9 Å². The molecule has 0 radical (unpaired) electrons. The van der Waals surface area contributed by atoms with Crippen LogP contribution in [0.5, 0.6) is 11.5 Å². The van der Waals surface area contributed by atoms with Crippen LogP contribution in [0.2, 0.25) is 0 Å². The average molecular weight is 461 g/mol. The van der Waals surface area contributed by atoms with E-state index in [1.807, 2.05) is 32.0 Å². The summed E-state index contributed by atoms with van der Waals surface area (Å²) in [4.78, 5) is 12.9. The van der Waals surface area contributed by atoms with Crippen LogP contribution in [0.1, 0.15) is 30.9 Å². The molecule has 2 aromatic carbocycles. The van der Waals surface area contributed by atoms with E-state index in [4.69, 9.17) is 9.47 Å². The lowest BCUT2D eigenvalue weighted by Gasteiger charge is -2.31. The highest BCUT2D eigenvalue weighted by Crippen LogP contribution is 2.25. The number of carbonyl (C=O) groups excluding carboxylic acids is 1. The molecule has 7 nitrogen and oxygen atoms in total. The van der Waals surface area contributed by atoms with Gasteiger partial charge in [-0.3, -0.25) is 4.79 Å². The fourth-order valence-electron chi connectivity index (χ4n) is 3.68. The zero-order chi connectivity index (χ0) is 23.3. The van der Waals surface area contributed by atoms with Crippen LogP contribution in [0.25, 0.3) is 0 Å². The van der Waals surface area contributed by atoms with E-state index in [9.17, 15) is 13.2 Å². The molecular weight excluding hydrogens is 428 g/mol. The maximum Gasteiger partial charge on any atom is 0.243 e. The third-order valence-corrected chi connectivity index (χ3v) is 7.80. The SMILES string of the molecule is COc1ccc(S(=O)(=O)N2CCC(C(=O)N[C@@H](C)COc3ccc(C)c(C)c3)CC2)cc1. The van der Waals surface area contributed by atoms with Gasteiger partial charge in [-0.1, -0.05) is 6.07 Å². The fourth-order valence-corrected chi connectivity index (χ4v) is 5.15. The predicted octanol–water partition coefficient (Wildman–Crippen LogP) is 3.30. The summed E-state index contributed by atoms with van der Waals surface area (Å²) in [6, 6.07) is 12.1. The minimum absolute atomic E-state index is 0.0531. The summed E-state index contributed by atoms with van der Waals surface area (Å²) in [5.41, 5.74) is 2.37. The lowest BCUT2D eigenvalue weighted by atomic mass is 9.97. The highest BCUT2D eigenvalue weighted by atomic mass is 32.2. The van der Waals surface area contributed by atoms with Crippen molar-refractivity contribution in [1.82, 2.24) is 9.62 Å². The molecular formula is C24H32N2O5S. The van der Waals surface area contributed by atoms with Gasteiger partial charge < -0.3 is 14.8 Å². The molecule has 1 atom stereocenters. The van der Waals surface area contributed by atoms with E-state index in [2.05, 4.69) is 12.2 Å². The molecule has 0 saturated carbocycles. The largest absolute Gasteiger partial charge is 0.497 e. The van der Waals surface area contributed by atoms with Gasteiger partial charge in [-0.25, -0.2) is 8.42 Å². The molecule has 0 aliphatic carbocycles. The number of nitrogens with one attached hydrogen (secondary N) is 1. The molecule has 1 aliphatic rings. The van der Waals surface area contributed by atoms with E-state index < -0.39 is 10.0 Å². The van der Waals surface area contributed by atoms with Crippen molar-refractivity contribution in [1.29, 1.82) is 0 Å². The summed E-state index contributed by atoms with van der Waals surface area (Å²) >= 11 is 0. The van der Waals surface area contributed by atoms with Crippen LogP contribution in [0.4, 0.5) is 0 Å². The fraction of sp³-hybridized carbons (Fsp3) is 0.458. The Morgan fingerprint density at radius 3 is 2.28 bits per heavy atom. The number of piperidine rings is 1. The Balaban J connectivity index is 1.48. The maximum atomic E-state index is 12.9. The second-order valence-electron chi connectivity index (χ2n) is 8.32. The number of methoxy groups -OCH3 is 1. The molecule has 0 spiro atoms. The maximum absolute atomic E-state index is 12.9. The first kappa shape index (κ1) is 24.1. The highest BCUT2D eigenvalue weighted by molar-refractivity contribution is 7.89. The van der Waals surface area contributed by atoms with Crippen molar-refractivity contribution in [2.24, 2.45) is 5.92 Å². The van der Waals surface area contributed by atoms with Crippen LogP contribution in [-0.2, 0) is 14.8 Å². The molecule has 174 valence electrons. The van der Waals surface area contributed by atoms with Crippen LogP contribution in [0, 0.1) is 19.8 Å². The predicted molar refractivity (Wildman–Crippen MR) is 123 cm³/mol. The number of benzene rings is 2. The van der Waals surface area contributed by atoms with Crippen LogP contribution in [-0.4, -0.2) is 51.5 Å². The van der Waals surface area contributed by atoms with Crippen LogP contribution < -0.4 is 14.8 Å². The molecule has 1 heterocycles. The van der Waals surface area contributed by atoms with Gasteiger partial charge in [0.15, 0.2) is 0 Å². The molecule has 1 saturated heterocycles. The number of amides is 1. The number of aryl methyl sites for hydroxylation is 2. The van der Waals surface area contributed by atoms with Crippen molar-refractivity contribution < 1.29 is 22.7 Å². The number of nitrogens with zero attached hydrogens (tertiary/aromatic N) is 1. The molecule has 2 aromatic rings. The third kappa shape index (κ3) is 5.81. The number of hydrogen-bond donors (Lipinski definition) is 1. The van der Waals surface area contributed by atoms with Crippen molar-refractivity contribution in [3.8, 4) is 11.5 Å². The Kier molecular flexibility index (Phi) is 7.79. The smallest absolute Gasteiger partial charge is 0.243 e. The molecule has 8 heteroatoms. The van der Waals surface area contributed by atoms with E-state index in [-0.39, 0.29) is 22.8 Å². The standard InChI is InChI=1S/C24H32N2O5S/c1-17-5-6-22(15-18(17)2)31-16-19(3)25-24(27)20-11-13-26(14-12-20)32(28,29)23-9-7-21(30-4)8-10-23/h5-10,15,19-20H,11-14,16H2,1-4H3,(H,25,27)/t19-/m0/s1. The van der Waals surface area contributed by atoms with E-state index in [1.54, 1.807) is 24.3 Å². The molecule has 1 aliphatic heterocycles. The second-order valence-corrected chi connectivity index (χ2v) is 10.3. The molecule has 1 amide bonds.